The zero-order valence-electron chi connectivity index (χ0n) is 15.0. The second-order valence-electron chi connectivity index (χ2n) is 7.12. The molecular weight excluding hydrogens is 330 g/mol. The van der Waals surface area contributed by atoms with Gasteiger partial charge < -0.3 is 14.8 Å². The van der Waals surface area contributed by atoms with E-state index in [-0.39, 0.29) is 18.7 Å². The van der Waals surface area contributed by atoms with Crippen molar-refractivity contribution in [3.8, 4) is 0 Å². The maximum atomic E-state index is 12.9. The van der Waals surface area contributed by atoms with E-state index >= 15 is 0 Å². The number of methoxy groups -OCH3 is 1. The summed E-state index contributed by atoms with van der Waals surface area (Å²) in [6.45, 7) is 5.57. The Hall–Kier alpha value is -2.32. The van der Waals surface area contributed by atoms with E-state index in [0.717, 1.165) is 5.01 Å². The fourth-order valence-electron chi connectivity index (χ4n) is 2.95. The molecular formula is C16H25N3O6. The van der Waals surface area contributed by atoms with Crippen LogP contribution in [0.2, 0.25) is 0 Å². The summed E-state index contributed by atoms with van der Waals surface area (Å²) in [6.07, 6.45) is 0.480. The number of amides is 3. The molecule has 0 bridgehead atoms. The molecule has 2 rings (SSSR count). The number of nitrogens with zero attached hydrogens (tertiary/aromatic N) is 2. The number of hydrogen-bond donors (Lipinski definition) is 1. The lowest BCUT2D eigenvalue weighted by molar-refractivity contribution is -0.187. The summed E-state index contributed by atoms with van der Waals surface area (Å²) < 4.78 is 9.94. The van der Waals surface area contributed by atoms with Crippen molar-refractivity contribution in [2.45, 2.75) is 64.1 Å². The van der Waals surface area contributed by atoms with E-state index in [4.69, 9.17) is 4.74 Å². The van der Waals surface area contributed by atoms with Crippen LogP contribution >= 0.6 is 0 Å². The van der Waals surface area contributed by atoms with Crippen LogP contribution in [0.15, 0.2) is 0 Å². The topological polar surface area (TPSA) is 105 Å². The van der Waals surface area contributed by atoms with Crippen LogP contribution in [0.5, 0.6) is 0 Å². The average molecular weight is 355 g/mol. The fraction of sp³-hybridized carbons (Fsp3) is 0.750. The smallest absolute Gasteiger partial charge is 0.407 e. The van der Waals surface area contributed by atoms with E-state index in [1.165, 1.54) is 12.1 Å². The summed E-state index contributed by atoms with van der Waals surface area (Å²) in [4.78, 5) is 49.3. The van der Waals surface area contributed by atoms with Gasteiger partial charge in [0.2, 0.25) is 5.91 Å². The highest BCUT2D eigenvalue weighted by atomic mass is 16.6. The number of alkyl carbamates (subject to hydrolysis) is 1. The molecule has 2 aliphatic rings. The van der Waals surface area contributed by atoms with Crippen LogP contribution in [0.1, 0.15) is 46.5 Å². The van der Waals surface area contributed by atoms with Crippen molar-refractivity contribution >= 4 is 23.9 Å². The number of ether oxygens (including phenoxy) is 2. The molecule has 0 radical (unpaired) electrons. The lowest BCUT2D eigenvalue weighted by Crippen LogP contribution is -2.62. The normalized spacial score (nSPS) is 24.3. The SMILES string of the molecule is COC(=O)N[C@H]1CCC(=O)N2CCC[C@@H](C(=O)OC(C)(C)C)N2C1=O. The molecule has 2 fully saturated rings. The lowest BCUT2D eigenvalue weighted by Gasteiger charge is -2.43. The Bertz CT molecular complexity index is 571. The zero-order chi connectivity index (χ0) is 18.8. The van der Waals surface area contributed by atoms with Crippen molar-refractivity contribution in [2.75, 3.05) is 13.7 Å². The molecule has 3 amide bonds. The Balaban J connectivity index is 2.28. The van der Waals surface area contributed by atoms with Gasteiger partial charge in [-0.15, -0.1) is 0 Å². The number of nitrogens with one attached hydrogen (secondary N) is 1. The average Bonchev–Trinajstić information content (AvgIpc) is 2.65. The molecule has 2 aliphatic heterocycles. The van der Waals surface area contributed by atoms with Gasteiger partial charge in [-0.05, 0) is 40.0 Å². The first-order valence-electron chi connectivity index (χ1n) is 8.34. The standard InChI is InChI=1S/C16H25N3O6/c1-16(2,3)25-14(22)11-6-5-9-18-12(20)8-7-10(13(21)19(11)18)17-15(23)24-4/h10-11H,5-9H2,1-4H3,(H,17,23)/t10-,11-/m0/s1. The Morgan fingerprint density at radius 1 is 1.20 bits per heavy atom. The molecule has 0 aromatic heterocycles. The van der Waals surface area contributed by atoms with Crippen molar-refractivity contribution in [1.82, 2.24) is 15.3 Å². The van der Waals surface area contributed by atoms with Crippen molar-refractivity contribution in [1.29, 1.82) is 0 Å². The molecule has 2 heterocycles. The molecule has 2 atom stereocenters. The molecule has 140 valence electrons. The summed E-state index contributed by atoms with van der Waals surface area (Å²) in [5.41, 5.74) is -0.706. The Morgan fingerprint density at radius 3 is 2.48 bits per heavy atom. The van der Waals surface area contributed by atoms with E-state index in [1.54, 1.807) is 20.8 Å². The monoisotopic (exact) mass is 355 g/mol. The van der Waals surface area contributed by atoms with Crippen LogP contribution in [0.4, 0.5) is 4.79 Å². The first-order valence-corrected chi connectivity index (χ1v) is 8.34. The van der Waals surface area contributed by atoms with Gasteiger partial charge in [-0.25, -0.2) is 14.6 Å². The summed E-state index contributed by atoms with van der Waals surface area (Å²) in [7, 11) is 1.19. The second kappa shape index (κ2) is 7.28. The van der Waals surface area contributed by atoms with Crippen molar-refractivity contribution in [2.24, 2.45) is 0 Å². The minimum Gasteiger partial charge on any atom is -0.458 e. The maximum Gasteiger partial charge on any atom is 0.407 e. The van der Waals surface area contributed by atoms with Gasteiger partial charge in [0.15, 0.2) is 6.04 Å². The van der Waals surface area contributed by atoms with Crippen molar-refractivity contribution < 1.29 is 28.7 Å². The highest BCUT2D eigenvalue weighted by molar-refractivity contribution is 5.93. The fourth-order valence-corrected chi connectivity index (χ4v) is 2.95. The number of esters is 1. The molecule has 2 saturated heterocycles. The minimum absolute atomic E-state index is 0.0952. The highest BCUT2D eigenvalue weighted by Gasteiger charge is 2.45. The quantitative estimate of drug-likeness (QED) is 0.727. The van der Waals surface area contributed by atoms with Gasteiger partial charge >= 0.3 is 12.1 Å². The van der Waals surface area contributed by atoms with E-state index in [1.807, 2.05) is 0 Å². The van der Waals surface area contributed by atoms with Crippen LogP contribution in [0.3, 0.4) is 0 Å². The van der Waals surface area contributed by atoms with Gasteiger partial charge in [-0.3, -0.25) is 14.6 Å². The van der Waals surface area contributed by atoms with Gasteiger partial charge in [0.25, 0.3) is 5.91 Å². The van der Waals surface area contributed by atoms with Crippen LogP contribution in [-0.2, 0) is 23.9 Å². The van der Waals surface area contributed by atoms with Gasteiger partial charge in [0.05, 0.1) is 7.11 Å². The molecule has 0 aromatic rings. The molecule has 25 heavy (non-hydrogen) atoms. The number of carbonyl (C=O) groups is 4. The van der Waals surface area contributed by atoms with Crippen LogP contribution in [0.25, 0.3) is 0 Å². The minimum atomic E-state index is -0.926. The molecule has 0 spiro atoms. The summed E-state index contributed by atoms with van der Waals surface area (Å²) in [5, 5.41) is 4.90. The molecule has 0 unspecified atom stereocenters. The van der Waals surface area contributed by atoms with Gasteiger partial charge in [-0.2, -0.15) is 0 Å². The highest BCUT2D eigenvalue weighted by Crippen LogP contribution is 2.26. The number of carbonyl (C=O) groups excluding carboxylic acids is 4. The zero-order valence-corrected chi connectivity index (χ0v) is 15.0. The third-order valence-electron chi connectivity index (χ3n) is 4.02. The summed E-state index contributed by atoms with van der Waals surface area (Å²) >= 11 is 0. The summed E-state index contributed by atoms with van der Waals surface area (Å²) in [5.74, 6) is -1.32. The molecule has 0 aromatic carbocycles. The molecule has 0 saturated carbocycles. The third kappa shape index (κ3) is 4.40. The number of fused-ring (bicyclic) bond motifs is 1. The second-order valence-corrected chi connectivity index (χ2v) is 7.12. The predicted molar refractivity (Wildman–Crippen MR) is 86.0 cm³/mol. The molecule has 1 N–H and O–H groups in total. The van der Waals surface area contributed by atoms with Crippen LogP contribution in [-0.4, -0.2) is 65.2 Å². The van der Waals surface area contributed by atoms with Gasteiger partial charge in [-0.1, -0.05) is 0 Å². The first kappa shape index (κ1) is 19.0. The number of hydrazine groups is 1. The molecule has 9 heteroatoms. The van der Waals surface area contributed by atoms with Gasteiger partial charge in [0, 0.05) is 13.0 Å². The predicted octanol–water partition coefficient (Wildman–Crippen LogP) is 0.581. The maximum absolute atomic E-state index is 12.9. The van der Waals surface area contributed by atoms with Crippen molar-refractivity contribution in [3.05, 3.63) is 0 Å². The number of hydrogen-bond acceptors (Lipinski definition) is 6. The van der Waals surface area contributed by atoms with E-state index in [2.05, 4.69) is 10.1 Å². The lowest BCUT2D eigenvalue weighted by atomic mass is 10.1. The number of rotatable bonds is 2. The first-order chi connectivity index (χ1) is 11.6. The van der Waals surface area contributed by atoms with Crippen LogP contribution in [0, 0.1) is 0 Å². The Kier molecular flexibility index (Phi) is 5.54. The summed E-state index contributed by atoms with van der Waals surface area (Å²) in [6, 6.07) is -1.81. The van der Waals surface area contributed by atoms with Gasteiger partial charge in [0.1, 0.15) is 11.6 Å². The third-order valence-corrected chi connectivity index (χ3v) is 4.02. The van der Waals surface area contributed by atoms with E-state index in [9.17, 15) is 19.2 Å². The van der Waals surface area contributed by atoms with Crippen LogP contribution < -0.4 is 5.32 Å². The van der Waals surface area contributed by atoms with E-state index < -0.39 is 35.7 Å². The Morgan fingerprint density at radius 2 is 1.88 bits per heavy atom. The van der Waals surface area contributed by atoms with Crippen molar-refractivity contribution in [3.63, 3.8) is 0 Å². The molecule has 9 nitrogen and oxygen atoms in total. The molecule has 0 aliphatic carbocycles. The Labute approximate surface area is 146 Å². The largest absolute Gasteiger partial charge is 0.458 e. The van der Waals surface area contributed by atoms with E-state index in [0.29, 0.717) is 19.4 Å².